The summed E-state index contributed by atoms with van der Waals surface area (Å²) < 4.78 is 5.03. The van der Waals surface area contributed by atoms with Crippen molar-refractivity contribution in [2.24, 2.45) is 0 Å². The summed E-state index contributed by atoms with van der Waals surface area (Å²) in [5.74, 6) is 0.531. The smallest absolute Gasteiger partial charge is 0.409 e. The molecule has 3 rings (SSSR count). The van der Waals surface area contributed by atoms with Gasteiger partial charge in [-0.15, -0.1) is 0 Å². The first-order valence-corrected chi connectivity index (χ1v) is 10.1. The number of piperidine rings is 1. The number of hydrogen-bond acceptors (Lipinski definition) is 5. The topological polar surface area (TPSA) is 83.6 Å². The van der Waals surface area contributed by atoms with Gasteiger partial charge in [0.1, 0.15) is 5.82 Å². The van der Waals surface area contributed by atoms with Gasteiger partial charge in [0.2, 0.25) is 0 Å². The maximum atomic E-state index is 12.7. The molecule has 0 aliphatic carbocycles. The summed E-state index contributed by atoms with van der Waals surface area (Å²) in [7, 11) is 0. The van der Waals surface area contributed by atoms with Crippen molar-refractivity contribution in [3.63, 3.8) is 0 Å². The van der Waals surface area contributed by atoms with Crippen LogP contribution in [0.4, 0.5) is 10.6 Å². The van der Waals surface area contributed by atoms with Crippen molar-refractivity contribution in [2.75, 3.05) is 25.0 Å². The van der Waals surface area contributed by atoms with Gasteiger partial charge in [-0.1, -0.05) is 30.3 Å². The third-order valence-electron chi connectivity index (χ3n) is 5.04. The Labute approximate surface area is 171 Å². The average Bonchev–Trinajstić information content (AvgIpc) is 2.75. The molecule has 2 N–H and O–H groups in total. The Balaban J connectivity index is 1.54. The van der Waals surface area contributed by atoms with E-state index in [1.165, 1.54) is 0 Å². The molecule has 2 amide bonds. The third-order valence-corrected chi connectivity index (χ3v) is 5.04. The molecule has 29 heavy (non-hydrogen) atoms. The monoisotopic (exact) mass is 396 g/mol. The van der Waals surface area contributed by atoms with Crippen LogP contribution in [-0.4, -0.2) is 47.6 Å². The molecular weight excluding hydrogens is 368 g/mol. The standard InChI is InChI=1S/C22H28N4O3/c1-3-29-22(28)26-13-10-19(11-14-26)25-21(27)18-9-12-23-20(15-18)24-16(2)17-7-5-4-6-8-17/h4-9,12,15-16,19H,3,10-11,13-14H2,1-2H3,(H,23,24)(H,25,27). The van der Waals surface area contributed by atoms with Gasteiger partial charge < -0.3 is 20.3 Å². The Bertz CT molecular complexity index is 820. The highest BCUT2D eigenvalue weighted by Gasteiger charge is 2.25. The largest absolute Gasteiger partial charge is 0.450 e. The predicted molar refractivity (Wildman–Crippen MR) is 112 cm³/mol. The zero-order valence-corrected chi connectivity index (χ0v) is 16.9. The van der Waals surface area contributed by atoms with Crippen molar-refractivity contribution < 1.29 is 14.3 Å². The molecule has 1 fully saturated rings. The number of amides is 2. The highest BCUT2D eigenvalue weighted by atomic mass is 16.6. The van der Waals surface area contributed by atoms with E-state index < -0.39 is 0 Å². The lowest BCUT2D eigenvalue weighted by molar-refractivity contribution is 0.0860. The number of nitrogens with one attached hydrogen (secondary N) is 2. The molecule has 1 aromatic carbocycles. The van der Waals surface area contributed by atoms with Crippen molar-refractivity contribution in [3.05, 3.63) is 59.8 Å². The van der Waals surface area contributed by atoms with Gasteiger partial charge in [-0.2, -0.15) is 0 Å². The number of rotatable bonds is 6. The van der Waals surface area contributed by atoms with Crippen molar-refractivity contribution in [3.8, 4) is 0 Å². The molecule has 1 aliphatic rings. The van der Waals surface area contributed by atoms with Gasteiger partial charge in [0.15, 0.2) is 0 Å². The summed E-state index contributed by atoms with van der Waals surface area (Å²) in [5, 5.41) is 6.40. The second-order valence-corrected chi connectivity index (χ2v) is 7.14. The molecule has 7 heteroatoms. The van der Waals surface area contributed by atoms with Gasteiger partial charge in [-0.3, -0.25) is 4.79 Å². The number of benzene rings is 1. The molecule has 0 spiro atoms. The summed E-state index contributed by atoms with van der Waals surface area (Å²) in [6.07, 6.45) is 2.78. The van der Waals surface area contributed by atoms with E-state index >= 15 is 0 Å². The highest BCUT2D eigenvalue weighted by Crippen LogP contribution is 2.18. The normalized spacial score (nSPS) is 15.4. The fourth-order valence-corrected chi connectivity index (χ4v) is 3.39. The van der Waals surface area contributed by atoms with Crippen LogP contribution in [0.25, 0.3) is 0 Å². The van der Waals surface area contributed by atoms with Crippen molar-refractivity contribution in [1.82, 2.24) is 15.2 Å². The summed E-state index contributed by atoms with van der Waals surface area (Å²) in [6.45, 7) is 5.39. The van der Waals surface area contributed by atoms with Gasteiger partial charge in [0.25, 0.3) is 5.91 Å². The van der Waals surface area contributed by atoms with Crippen LogP contribution in [0.2, 0.25) is 0 Å². The van der Waals surface area contributed by atoms with Crippen molar-refractivity contribution in [1.29, 1.82) is 0 Å². The quantitative estimate of drug-likeness (QED) is 0.779. The van der Waals surface area contributed by atoms with Crippen LogP contribution in [0.5, 0.6) is 0 Å². The maximum absolute atomic E-state index is 12.7. The Morgan fingerprint density at radius 3 is 2.62 bits per heavy atom. The lowest BCUT2D eigenvalue weighted by Gasteiger charge is -2.31. The molecule has 0 saturated carbocycles. The summed E-state index contributed by atoms with van der Waals surface area (Å²) >= 11 is 0. The molecule has 1 unspecified atom stereocenters. The third kappa shape index (κ3) is 5.70. The second kappa shape index (κ2) is 9.91. The fraction of sp³-hybridized carbons (Fsp3) is 0.409. The van der Waals surface area contributed by atoms with Gasteiger partial charge >= 0.3 is 6.09 Å². The number of likely N-dealkylation sites (tertiary alicyclic amines) is 1. The minimum absolute atomic E-state index is 0.0426. The maximum Gasteiger partial charge on any atom is 0.409 e. The van der Waals surface area contributed by atoms with E-state index in [-0.39, 0.29) is 24.1 Å². The van der Waals surface area contributed by atoms with E-state index in [0.29, 0.717) is 43.9 Å². The van der Waals surface area contributed by atoms with E-state index in [0.717, 1.165) is 5.56 Å². The zero-order chi connectivity index (χ0) is 20.6. The molecule has 1 aliphatic heterocycles. The van der Waals surface area contributed by atoms with E-state index in [9.17, 15) is 9.59 Å². The molecule has 0 bridgehead atoms. The Hall–Kier alpha value is -3.09. The van der Waals surface area contributed by atoms with Crippen LogP contribution in [0.3, 0.4) is 0 Å². The number of aromatic nitrogens is 1. The minimum atomic E-state index is -0.283. The first-order valence-electron chi connectivity index (χ1n) is 10.1. The van der Waals surface area contributed by atoms with Crippen LogP contribution in [0, 0.1) is 0 Å². The molecular formula is C22H28N4O3. The van der Waals surface area contributed by atoms with Crippen molar-refractivity contribution in [2.45, 2.75) is 38.8 Å². The van der Waals surface area contributed by atoms with E-state index in [1.807, 2.05) is 18.2 Å². The number of anilines is 1. The van der Waals surface area contributed by atoms with Gasteiger partial charge in [-0.25, -0.2) is 9.78 Å². The van der Waals surface area contributed by atoms with E-state index in [1.54, 1.807) is 30.2 Å². The van der Waals surface area contributed by atoms with Crippen LogP contribution in [0.1, 0.15) is 48.7 Å². The van der Waals surface area contributed by atoms with Crippen LogP contribution in [0.15, 0.2) is 48.7 Å². The molecule has 1 aromatic heterocycles. The van der Waals surface area contributed by atoms with Crippen LogP contribution < -0.4 is 10.6 Å². The second-order valence-electron chi connectivity index (χ2n) is 7.14. The Morgan fingerprint density at radius 1 is 1.21 bits per heavy atom. The molecule has 0 radical (unpaired) electrons. The minimum Gasteiger partial charge on any atom is -0.450 e. The Morgan fingerprint density at radius 2 is 1.93 bits per heavy atom. The SMILES string of the molecule is CCOC(=O)N1CCC(NC(=O)c2ccnc(NC(C)c3ccccc3)c2)CC1. The highest BCUT2D eigenvalue weighted by molar-refractivity contribution is 5.95. The molecule has 154 valence electrons. The average molecular weight is 396 g/mol. The fourth-order valence-electron chi connectivity index (χ4n) is 3.39. The summed E-state index contributed by atoms with van der Waals surface area (Å²) in [6, 6.07) is 13.7. The van der Waals surface area contributed by atoms with Gasteiger partial charge in [0, 0.05) is 36.9 Å². The number of nitrogens with zero attached hydrogens (tertiary/aromatic N) is 2. The summed E-state index contributed by atoms with van der Waals surface area (Å²) in [5.41, 5.74) is 1.72. The number of pyridine rings is 1. The predicted octanol–water partition coefficient (Wildman–Crippen LogP) is 3.61. The number of carbonyl (C=O) groups excluding carboxylic acids is 2. The van der Waals surface area contributed by atoms with Crippen molar-refractivity contribution >= 4 is 17.8 Å². The van der Waals surface area contributed by atoms with Gasteiger partial charge in [0.05, 0.1) is 6.61 Å². The molecule has 2 aromatic rings. The number of hydrogen-bond donors (Lipinski definition) is 2. The first kappa shape index (κ1) is 20.6. The zero-order valence-electron chi connectivity index (χ0n) is 16.9. The lowest BCUT2D eigenvalue weighted by Crippen LogP contribution is -2.46. The van der Waals surface area contributed by atoms with Crippen LogP contribution >= 0.6 is 0 Å². The summed E-state index contributed by atoms with van der Waals surface area (Å²) in [4.78, 5) is 30.5. The Kier molecular flexibility index (Phi) is 7.05. The molecule has 1 atom stereocenters. The first-order chi connectivity index (χ1) is 14.1. The van der Waals surface area contributed by atoms with Gasteiger partial charge in [-0.05, 0) is 44.4 Å². The lowest BCUT2D eigenvalue weighted by atomic mass is 10.0. The molecule has 7 nitrogen and oxygen atoms in total. The van der Waals surface area contributed by atoms with E-state index in [4.69, 9.17) is 4.74 Å². The van der Waals surface area contributed by atoms with E-state index in [2.05, 4.69) is 34.7 Å². The number of carbonyl (C=O) groups is 2. The molecule has 1 saturated heterocycles. The number of ether oxygens (including phenoxy) is 1. The molecule has 2 heterocycles. The van der Waals surface area contributed by atoms with Crippen LogP contribution in [-0.2, 0) is 4.74 Å².